The number of hydrogen-bond acceptors (Lipinski definition) is 4. The molecule has 0 saturated carbocycles. The number of benzene rings is 2. The molecule has 0 aliphatic carbocycles. The summed E-state index contributed by atoms with van der Waals surface area (Å²) in [4.78, 5) is 15.6. The second-order valence-corrected chi connectivity index (χ2v) is 11.4. The first-order chi connectivity index (χ1) is 13.7. The van der Waals surface area contributed by atoms with Crippen LogP contribution in [0.3, 0.4) is 0 Å². The van der Waals surface area contributed by atoms with Crippen molar-refractivity contribution >= 4 is 60.4 Å². The zero-order valence-electron chi connectivity index (χ0n) is 15.7. The lowest BCUT2D eigenvalue weighted by Crippen LogP contribution is -2.40. The molecule has 0 spiro atoms. The van der Waals surface area contributed by atoms with Crippen LogP contribution in [-0.4, -0.2) is 36.8 Å². The topological polar surface area (TPSA) is 54.5 Å². The number of aryl methyl sites for hydroxylation is 1. The molecular weight excluding hydrogens is 449 g/mol. The summed E-state index contributed by atoms with van der Waals surface area (Å²) in [5.74, 6) is -0.176. The van der Waals surface area contributed by atoms with Gasteiger partial charge < -0.3 is 4.90 Å². The van der Waals surface area contributed by atoms with Crippen LogP contribution in [0.25, 0.3) is 10.1 Å². The Morgan fingerprint density at radius 1 is 1.17 bits per heavy atom. The molecule has 4 nitrogen and oxygen atoms in total. The second kappa shape index (κ2) is 7.91. The van der Waals surface area contributed by atoms with E-state index < -0.39 is 9.84 Å². The van der Waals surface area contributed by atoms with Crippen molar-refractivity contribution in [3.05, 3.63) is 68.5 Å². The fourth-order valence-corrected chi connectivity index (χ4v) is 7.25. The van der Waals surface area contributed by atoms with E-state index >= 15 is 0 Å². The van der Waals surface area contributed by atoms with E-state index in [1.165, 1.54) is 11.3 Å². The molecule has 1 atom stereocenters. The maximum Gasteiger partial charge on any atom is 0.266 e. The quantitative estimate of drug-likeness (QED) is 0.519. The molecule has 8 heteroatoms. The maximum absolute atomic E-state index is 13.5. The van der Waals surface area contributed by atoms with E-state index in [2.05, 4.69) is 0 Å². The van der Waals surface area contributed by atoms with Gasteiger partial charge in [-0.05, 0) is 31.0 Å². The molecule has 1 saturated heterocycles. The van der Waals surface area contributed by atoms with Gasteiger partial charge in [0.1, 0.15) is 4.88 Å². The third-order valence-corrected chi connectivity index (χ3v) is 8.88. The van der Waals surface area contributed by atoms with Crippen LogP contribution in [-0.2, 0) is 16.4 Å². The van der Waals surface area contributed by atoms with E-state index in [4.69, 9.17) is 23.2 Å². The van der Waals surface area contributed by atoms with Crippen LogP contribution in [0.5, 0.6) is 0 Å². The second-order valence-electron chi connectivity index (χ2n) is 7.33. The minimum Gasteiger partial charge on any atom is -0.330 e. The average molecular weight is 468 g/mol. The Balaban J connectivity index is 1.74. The highest BCUT2D eigenvalue weighted by molar-refractivity contribution is 7.91. The van der Waals surface area contributed by atoms with Crippen LogP contribution in [0.4, 0.5) is 0 Å². The number of nitrogens with zero attached hydrogens (tertiary/aromatic N) is 1. The largest absolute Gasteiger partial charge is 0.330 e. The van der Waals surface area contributed by atoms with Crippen LogP contribution in [0.2, 0.25) is 10.0 Å². The molecule has 152 valence electrons. The van der Waals surface area contributed by atoms with Gasteiger partial charge in [-0.2, -0.15) is 0 Å². The van der Waals surface area contributed by atoms with Crippen molar-refractivity contribution in [2.24, 2.45) is 0 Å². The van der Waals surface area contributed by atoms with Gasteiger partial charge in [0.15, 0.2) is 9.84 Å². The summed E-state index contributed by atoms with van der Waals surface area (Å²) in [5, 5.41) is 1.49. The Hall–Kier alpha value is -1.60. The average Bonchev–Trinajstić information content (AvgIpc) is 3.21. The molecule has 1 fully saturated rings. The first kappa shape index (κ1) is 20.7. The van der Waals surface area contributed by atoms with Gasteiger partial charge in [0.05, 0.1) is 21.6 Å². The number of sulfone groups is 1. The van der Waals surface area contributed by atoms with E-state index in [1.807, 2.05) is 43.3 Å². The van der Waals surface area contributed by atoms with Crippen molar-refractivity contribution in [1.29, 1.82) is 0 Å². The summed E-state index contributed by atoms with van der Waals surface area (Å²) >= 11 is 14.1. The third-order valence-electron chi connectivity index (χ3n) is 5.18. The number of rotatable bonds is 4. The first-order valence-corrected chi connectivity index (χ1v) is 12.6. The van der Waals surface area contributed by atoms with E-state index in [0.29, 0.717) is 33.3 Å². The highest BCUT2D eigenvalue weighted by Gasteiger charge is 2.36. The van der Waals surface area contributed by atoms with Gasteiger partial charge in [0.2, 0.25) is 0 Å². The molecule has 1 amide bonds. The summed E-state index contributed by atoms with van der Waals surface area (Å²) in [6, 6.07) is 12.9. The van der Waals surface area contributed by atoms with Gasteiger partial charge in [-0.1, -0.05) is 59.1 Å². The number of halogens is 2. The van der Waals surface area contributed by atoms with Crippen LogP contribution in [0, 0.1) is 6.92 Å². The molecule has 0 N–H and O–H groups in total. The van der Waals surface area contributed by atoms with E-state index in [9.17, 15) is 13.2 Å². The van der Waals surface area contributed by atoms with E-state index in [-0.39, 0.29) is 23.5 Å². The molecule has 3 aromatic rings. The monoisotopic (exact) mass is 467 g/mol. The lowest BCUT2D eigenvalue weighted by atomic mass is 10.1. The van der Waals surface area contributed by atoms with Gasteiger partial charge in [-0.3, -0.25) is 4.79 Å². The third kappa shape index (κ3) is 4.17. The van der Waals surface area contributed by atoms with Gasteiger partial charge in [-0.15, -0.1) is 11.3 Å². The molecular formula is C21H19Cl2NO3S2. The molecule has 1 aliphatic heterocycles. The zero-order valence-corrected chi connectivity index (χ0v) is 18.8. The number of amides is 1. The Morgan fingerprint density at radius 2 is 1.90 bits per heavy atom. The van der Waals surface area contributed by atoms with Crippen LogP contribution < -0.4 is 0 Å². The van der Waals surface area contributed by atoms with Gasteiger partial charge in [0, 0.05) is 22.7 Å². The van der Waals surface area contributed by atoms with Crippen molar-refractivity contribution in [3.63, 3.8) is 0 Å². The normalized spacial score (nSPS) is 18.2. The van der Waals surface area contributed by atoms with Crippen molar-refractivity contribution in [3.8, 4) is 0 Å². The summed E-state index contributed by atoms with van der Waals surface area (Å²) < 4.78 is 25.0. The maximum atomic E-state index is 13.5. The van der Waals surface area contributed by atoms with Crippen LogP contribution in [0.15, 0.2) is 42.5 Å². The van der Waals surface area contributed by atoms with Crippen molar-refractivity contribution < 1.29 is 13.2 Å². The highest BCUT2D eigenvalue weighted by Crippen LogP contribution is 2.40. The number of fused-ring (bicyclic) bond motifs is 1. The molecule has 2 aromatic carbocycles. The van der Waals surface area contributed by atoms with Crippen molar-refractivity contribution in [2.75, 3.05) is 11.5 Å². The predicted molar refractivity (Wildman–Crippen MR) is 120 cm³/mol. The standard InChI is InChI=1S/C21H19Cl2NO3S2/c1-13-5-7-14(8-6-13)11-24(15-9-10-29(26,27)12-15)21(25)20-19(23)18-16(22)3-2-4-17(18)28-20/h2-8,15H,9-12H2,1H3. The molecule has 1 unspecified atom stereocenters. The number of carbonyl (C=O) groups excluding carboxylic acids is 1. The number of hydrogen-bond donors (Lipinski definition) is 0. The SMILES string of the molecule is Cc1ccc(CN(C(=O)c2sc3cccc(Cl)c3c2Cl)C2CCS(=O)(=O)C2)cc1. The molecule has 0 bridgehead atoms. The molecule has 0 radical (unpaired) electrons. The Kier molecular flexibility index (Phi) is 5.64. The van der Waals surface area contributed by atoms with Crippen LogP contribution >= 0.6 is 34.5 Å². The lowest BCUT2D eigenvalue weighted by Gasteiger charge is -2.28. The Labute approximate surface area is 184 Å². The molecule has 1 aliphatic rings. The zero-order chi connectivity index (χ0) is 20.8. The van der Waals surface area contributed by atoms with E-state index in [0.717, 1.165) is 15.8 Å². The summed E-state index contributed by atoms with van der Waals surface area (Å²) in [7, 11) is -3.14. The fraction of sp³-hybridized carbons (Fsp3) is 0.286. The molecule has 29 heavy (non-hydrogen) atoms. The van der Waals surface area contributed by atoms with Gasteiger partial charge in [0.25, 0.3) is 5.91 Å². The number of thiophene rings is 1. The lowest BCUT2D eigenvalue weighted by molar-refractivity contribution is 0.0686. The Bertz CT molecular complexity index is 1190. The fourth-order valence-electron chi connectivity index (χ4n) is 3.62. The van der Waals surface area contributed by atoms with E-state index in [1.54, 1.807) is 11.0 Å². The van der Waals surface area contributed by atoms with Gasteiger partial charge in [-0.25, -0.2) is 8.42 Å². The minimum atomic E-state index is -3.14. The van der Waals surface area contributed by atoms with Gasteiger partial charge >= 0.3 is 0 Å². The Morgan fingerprint density at radius 3 is 2.52 bits per heavy atom. The van der Waals surface area contributed by atoms with Crippen LogP contribution in [0.1, 0.15) is 27.2 Å². The molecule has 1 aromatic heterocycles. The predicted octanol–water partition coefficient (Wildman–Crippen LogP) is 5.35. The summed E-state index contributed by atoms with van der Waals surface area (Å²) in [6.07, 6.45) is 0.434. The summed E-state index contributed by atoms with van der Waals surface area (Å²) in [5.41, 5.74) is 2.07. The van der Waals surface area contributed by atoms with Crippen molar-refractivity contribution in [2.45, 2.75) is 25.9 Å². The smallest absolute Gasteiger partial charge is 0.266 e. The minimum absolute atomic E-state index is 0.0200. The molecule has 4 rings (SSSR count). The van der Waals surface area contributed by atoms with Crippen molar-refractivity contribution in [1.82, 2.24) is 4.90 Å². The molecule has 2 heterocycles. The highest BCUT2D eigenvalue weighted by atomic mass is 35.5. The summed E-state index contributed by atoms with van der Waals surface area (Å²) in [6.45, 7) is 2.33. The first-order valence-electron chi connectivity index (χ1n) is 9.18. The number of carbonyl (C=O) groups is 1.